The molecule has 2 rings (SSSR count). The summed E-state index contributed by atoms with van der Waals surface area (Å²) in [6.45, 7) is 4.21. The lowest BCUT2D eigenvalue weighted by molar-refractivity contribution is 0.641. The fraction of sp³-hybridized carbons (Fsp3) is 0.357. The van der Waals surface area contributed by atoms with E-state index in [9.17, 15) is 0 Å². The summed E-state index contributed by atoms with van der Waals surface area (Å²) in [7, 11) is 0. The van der Waals surface area contributed by atoms with Crippen LogP contribution in [0, 0.1) is 0 Å². The van der Waals surface area contributed by atoms with Crippen LogP contribution in [0.4, 0.5) is 0 Å². The molecule has 0 spiro atoms. The topological polar surface area (TPSA) is 24.9 Å². The Morgan fingerprint density at radius 3 is 3.00 bits per heavy atom. The second kappa shape index (κ2) is 5.61. The summed E-state index contributed by atoms with van der Waals surface area (Å²) < 4.78 is 0. The molecule has 1 heterocycles. The minimum Gasteiger partial charge on any atom is -0.313 e. The Hall–Kier alpha value is -1.41. The summed E-state index contributed by atoms with van der Waals surface area (Å²) >= 11 is 0. The van der Waals surface area contributed by atoms with E-state index in [1.165, 1.54) is 23.8 Å². The highest BCUT2D eigenvalue weighted by atomic mass is 14.8. The van der Waals surface area contributed by atoms with Gasteiger partial charge in [-0.3, -0.25) is 4.98 Å². The number of nitrogens with zero attached hydrogens (tertiary/aromatic N) is 1. The van der Waals surface area contributed by atoms with E-state index in [1.807, 2.05) is 18.3 Å². The number of fused-ring (bicyclic) bond motifs is 1. The zero-order valence-electron chi connectivity index (χ0n) is 9.74. The van der Waals surface area contributed by atoms with Crippen LogP contribution in [0.2, 0.25) is 0 Å². The Kier molecular flexibility index (Phi) is 3.89. The van der Waals surface area contributed by atoms with E-state index in [2.05, 4.69) is 35.4 Å². The van der Waals surface area contributed by atoms with Crippen LogP contribution in [-0.2, 0) is 6.54 Å². The highest BCUT2D eigenvalue weighted by Gasteiger charge is 1.96. The van der Waals surface area contributed by atoms with Gasteiger partial charge < -0.3 is 5.32 Å². The van der Waals surface area contributed by atoms with Gasteiger partial charge in [-0.1, -0.05) is 31.5 Å². The number of hydrogen-bond acceptors (Lipinski definition) is 2. The average molecular weight is 214 g/mol. The van der Waals surface area contributed by atoms with Gasteiger partial charge in [0.25, 0.3) is 0 Å². The summed E-state index contributed by atoms with van der Waals surface area (Å²) in [6.07, 6.45) is 4.44. The van der Waals surface area contributed by atoms with Crippen molar-refractivity contribution in [1.29, 1.82) is 0 Å². The van der Waals surface area contributed by atoms with Crippen LogP contribution in [0.25, 0.3) is 10.9 Å². The number of aromatic nitrogens is 1. The standard InChI is InChI=1S/C14H18N2/c1-2-3-8-15-10-12-9-13-6-4-5-7-14(13)16-11-12/h4-7,9,11,15H,2-3,8,10H2,1H3. The van der Waals surface area contributed by atoms with E-state index in [4.69, 9.17) is 0 Å². The van der Waals surface area contributed by atoms with Crippen LogP contribution in [0.5, 0.6) is 0 Å². The van der Waals surface area contributed by atoms with E-state index in [-0.39, 0.29) is 0 Å². The molecule has 84 valence electrons. The van der Waals surface area contributed by atoms with Gasteiger partial charge in [-0.05, 0) is 30.7 Å². The van der Waals surface area contributed by atoms with Crippen LogP contribution in [0.3, 0.4) is 0 Å². The zero-order valence-corrected chi connectivity index (χ0v) is 9.74. The molecule has 0 atom stereocenters. The first-order chi connectivity index (χ1) is 7.90. The molecule has 1 aromatic heterocycles. The lowest BCUT2D eigenvalue weighted by atomic mass is 10.1. The molecule has 0 aliphatic rings. The molecular formula is C14H18N2. The third-order valence-electron chi connectivity index (χ3n) is 2.68. The molecular weight excluding hydrogens is 196 g/mol. The summed E-state index contributed by atoms with van der Waals surface area (Å²) in [4.78, 5) is 4.44. The van der Waals surface area contributed by atoms with Gasteiger partial charge in [0.1, 0.15) is 0 Å². The zero-order chi connectivity index (χ0) is 11.2. The normalized spacial score (nSPS) is 10.8. The van der Waals surface area contributed by atoms with Crippen molar-refractivity contribution in [2.75, 3.05) is 6.54 Å². The number of nitrogens with one attached hydrogen (secondary N) is 1. The van der Waals surface area contributed by atoms with Gasteiger partial charge in [0.05, 0.1) is 5.52 Å². The van der Waals surface area contributed by atoms with E-state index >= 15 is 0 Å². The fourth-order valence-corrected chi connectivity index (χ4v) is 1.75. The molecule has 0 aliphatic heterocycles. The largest absolute Gasteiger partial charge is 0.313 e. The molecule has 1 aromatic carbocycles. The molecule has 16 heavy (non-hydrogen) atoms. The average Bonchev–Trinajstić information content (AvgIpc) is 2.34. The fourth-order valence-electron chi connectivity index (χ4n) is 1.75. The highest BCUT2D eigenvalue weighted by molar-refractivity contribution is 5.78. The van der Waals surface area contributed by atoms with Crippen molar-refractivity contribution in [3.05, 3.63) is 42.1 Å². The first-order valence-electron chi connectivity index (χ1n) is 5.94. The maximum absolute atomic E-state index is 4.44. The quantitative estimate of drug-likeness (QED) is 0.773. The third-order valence-corrected chi connectivity index (χ3v) is 2.68. The first kappa shape index (κ1) is 11.1. The molecule has 0 unspecified atom stereocenters. The number of unbranched alkanes of at least 4 members (excludes halogenated alkanes) is 1. The molecule has 0 bridgehead atoms. The van der Waals surface area contributed by atoms with Gasteiger partial charge in [0.15, 0.2) is 0 Å². The second-order valence-electron chi connectivity index (χ2n) is 4.07. The Morgan fingerprint density at radius 1 is 1.25 bits per heavy atom. The monoisotopic (exact) mass is 214 g/mol. The van der Waals surface area contributed by atoms with Crippen molar-refractivity contribution in [2.24, 2.45) is 0 Å². The molecule has 2 aromatic rings. The van der Waals surface area contributed by atoms with Gasteiger partial charge in [-0.2, -0.15) is 0 Å². The Balaban J connectivity index is 2.02. The summed E-state index contributed by atoms with van der Waals surface area (Å²) in [5.74, 6) is 0. The molecule has 0 amide bonds. The molecule has 1 N–H and O–H groups in total. The van der Waals surface area contributed by atoms with E-state index in [1.54, 1.807) is 0 Å². The van der Waals surface area contributed by atoms with Crippen molar-refractivity contribution in [2.45, 2.75) is 26.3 Å². The van der Waals surface area contributed by atoms with Crippen molar-refractivity contribution in [1.82, 2.24) is 10.3 Å². The Labute approximate surface area is 96.7 Å². The van der Waals surface area contributed by atoms with Crippen molar-refractivity contribution in [3.63, 3.8) is 0 Å². The SMILES string of the molecule is CCCCNCc1cnc2ccccc2c1. The van der Waals surface area contributed by atoms with E-state index in [0.29, 0.717) is 0 Å². The summed E-state index contributed by atoms with van der Waals surface area (Å²) in [5.41, 5.74) is 2.33. The predicted octanol–water partition coefficient (Wildman–Crippen LogP) is 3.12. The van der Waals surface area contributed by atoms with Gasteiger partial charge in [0.2, 0.25) is 0 Å². The van der Waals surface area contributed by atoms with Crippen LogP contribution in [-0.4, -0.2) is 11.5 Å². The molecule has 0 saturated carbocycles. The highest BCUT2D eigenvalue weighted by Crippen LogP contribution is 2.12. The number of benzene rings is 1. The lowest BCUT2D eigenvalue weighted by Crippen LogP contribution is -2.14. The molecule has 0 aliphatic carbocycles. The number of para-hydroxylation sites is 1. The van der Waals surface area contributed by atoms with E-state index < -0.39 is 0 Å². The minimum absolute atomic E-state index is 0.915. The minimum atomic E-state index is 0.915. The summed E-state index contributed by atoms with van der Waals surface area (Å²) in [5, 5.41) is 4.65. The predicted molar refractivity (Wildman–Crippen MR) is 68.4 cm³/mol. The molecule has 0 fully saturated rings. The Morgan fingerprint density at radius 2 is 2.12 bits per heavy atom. The smallest absolute Gasteiger partial charge is 0.0702 e. The van der Waals surface area contributed by atoms with E-state index in [0.717, 1.165) is 18.6 Å². The van der Waals surface area contributed by atoms with Crippen molar-refractivity contribution in [3.8, 4) is 0 Å². The first-order valence-corrected chi connectivity index (χ1v) is 5.94. The lowest BCUT2D eigenvalue weighted by Gasteiger charge is -2.04. The molecule has 2 nitrogen and oxygen atoms in total. The number of hydrogen-bond donors (Lipinski definition) is 1. The third kappa shape index (κ3) is 2.80. The second-order valence-corrected chi connectivity index (χ2v) is 4.07. The molecule has 0 radical (unpaired) electrons. The van der Waals surface area contributed by atoms with Gasteiger partial charge in [-0.25, -0.2) is 0 Å². The number of rotatable bonds is 5. The van der Waals surface area contributed by atoms with Gasteiger partial charge >= 0.3 is 0 Å². The summed E-state index contributed by atoms with van der Waals surface area (Å²) in [6, 6.07) is 10.4. The van der Waals surface area contributed by atoms with Crippen LogP contribution < -0.4 is 5.32 Å². The maximum Gasteiger partial charge on any atom is 0.0702 e. The van der Waals surface area contributed by atoms with Crippen molar-refractivity contribution < 1.29 is 0 Å². The molecule has 0 saturated heterocycles. The van der Waals surface area contributed by atoms with Gasteiger partial charge in [-0.15, -0.1) is 0 Å². The van der Waals surface area contributed by atoms with Gasteiger partial charge in [0, 0.05) is 18.1 Å². The van der Waals surface area contributed by atoms with Crippen LogP contribution in [0.1, 0.15) is 25.3 Å². The van der Waals surface area contributed by atoms with Crippen LogP contribution >= 0.6 is 0 Å². The van der Waals surface area contributed by atoms with Crippen LogP contribution in [0.15, 0.2) is 36.5 Å². The maximum atomic E-state index is 4.44. The van der Waals surface area contributed by atoms with Crippen molar-refractivity contribution >= 4 is 10.9 Å². The Bertz CT molecular complexity index is 451. The number of pyridine rings is 1. The molecule has 2 heteroatoms.